The lowest BCUT2D eigenvalue weighted by Crippen LogP contribution is -2.50. The predicted molar refractivity (Wildman–Crippen MR) is 71.9 cm³/mol. The summed E-state index contributed by atoms with van der Waals surface area (Å²) in [6, 6.07) is 2.29. The van der Waals surface area contributed by atoms with Crippen molar-refractivity contribution in [1.82, 2.24) is 10.2 Å². The molecule has 1 fully saturated rings. The van der Waals surface area contributed by atoms with E-state index in [0.717, 1.165) is 18.1 Å². The fraction of sp³-hybridized carbons (Fsp3) is 1.00. The van der Waals surface area contributed by atoms with Crippen LogP contribution in [0.2, 0.25) is 0 Å². The Morgan fingerprint density at radius 3 is 2.62 bits per heavy atom. The average molecular weight is 226 g/mol. The van der Waals surface area contributed by atoms with Gasteiger partial charge in [0.05, 0.1) is 0 Å². The second-order valence-electron chi connectivity index (χ2n) is 5.40. The first kappa shape index (κ1) is 14.0. The maximum Gasteiger partial charge on any atom is 0.00940 e. The highest BCUT2D eigenvalue weighted by Crippen LogP contribution is 2.21. The van der Waals surface area contributed by atoms with Crippen molar-refractivity contribution >= 4 is 0 Å². The highest BCUT2D eigenvalue weighted by atomic mass is 15.2. The standard InChI is InChI=1S/C14H30N2/c1-5-7-12(3)16-10-8-14(11-13(16)4)15-9-6-2/h12-15H,5-11H2,1-4H3. The Balaban J connectivity index is 2.33. The molecule has 0 saturated carbocycles. The van der Waals surface area contributed by atoms with E-state index in [1.165, 1.54) is 45.2 Å². The van der Waals surface area contributed by atoms with Gasteiger partial charge in [-0.25, -0.2) is 0 Å². The van der Waals surface area contributed by atoms with Crippen molar-refractivity contribution in [2.45, 2.75) is 77.9 Å². The van der Waals surface area contributed by atoms with E-state index in [1.54, 1.807) is 0 Å². The molecule has 0 amide bonds. The van der Waals surface area contributed by atoms with Crippen LogP contribution in [0, 0.1) is 0 Å². The smallest absolute Gasteiger partial charge is 0.00940 e. The van der Waals surface area contributed by atoms with E-state index in [-0.39, 0.29) is 0 Å². The summed E-state index contributed by atoms with van der Waals surface area (Å²) in [6.07, 6.45) is 6.56. The van der Waals surface area contributed by atoms with Crippen molar-refractivity contribution in [3.63, 3.8) is 0 Å². The SMILES string of the molecule is CCCNC1CCN(C(C)CCC)C(C)C1. The van der Waals surface area contributed by atoms with Crippen molar-refractivity contribution < 1.29 is 0 Å². The molecule has 0 spiro atoms. The Morgan fingerprint density at radius 1 is 1.31 bits per heavy atom. The van der Waals surface area contributed by atoms with E-state index in [9.17, 15) is 0 Å². The van der Waals surface area contributed by atoms with Gasteiger partial charge in [-0.1, -0.05) is 20.3 Å². The first-order valence-electron chi connectivity index (χ1n) is 7.18. The summed E-state index contributed by atoms with van der Waals surface area (Å²) in [5.41, 5.74) is 0. The summed E-state index contributed by atoms with van der Waals surface area (Å²) in [4.78, 5) is 2.70. The molecular formula is C14H30N2. The molecule has 2 nitrogen and oxygen atoms in total. The second-order valence-corrected chi connectivity index (χ2v) is 5.40. The fourth-order valence-corrected chi connectivity index (χ4v) is 2.96. The number of rotatable bonds is 6. The molecule has 1 aliphatic rings. The Labute approximate surface area is 102 Å². The molecule has 96 valence electrons. The number of nitrogens with zero attached hydrogens (tertiary/aromatic N) is 1. The van der Waals surface area contributed by atoms with Crippen LogP contribution in [0.5, 0.6) is 0 Å². The minimum Gasteiger partial charge on any atom is -0.314 e. The highest BCUT2D eigenvalue weighted by Gasteiger charge is 2.27. The molecule has 0 bridgehead atoms. The first-order valence-corrected chi connectivity index (χ1v) is 7.18. The molecule has 3 atom stereocenters. The van der Waals surface area contributed by atoms with Crippen LogP contribution in [0.4, 0.5) is 0 Å². The van der Waals surface area contributed by atoms with E-state index in [1.807, 2.05) is 0 Å². The Morgan fingerprint density at radius 2 is 2.06 bits per heavy atom. The lowest BCUT2D eigenvalue weighted by molar-refractivity contribution is 0.0910. The van der Waals surface area contributed by atoms with Gasteiger partial charge in [-0.15, -0.1) is 0 Å². The lowest BCUT2D eigenvalue weighted by atomic mass is 9.95. The maximum atomic E-state index is 3.67. The second kappa shape index (κ2) is 7.29. The van der Waals surface area contributed by atoms with Gasteiger partial charge in [0.2, 0.25) is 0 Å². The zero-order valence-electron chi connectivity index (χ0n) is 11.6. The van der Waals surface area contributed by atoms with Crippen molar-refractivity contribution in [1.29, 1.82) is 0 Å². The number of nitrogens with one attached hydrogen (secondary N) is 1. The Kier molecular flexibility index (Phi) is 6.37. The van der Waals surface area contributed by atoms with E-state index in [0.29, 0.717) is 0 Å². The molecule has 1 heterocycles. The maximum absolute atomic E-state index is 3.67. The summed E-state index contributed by atoms with van der Waals surface area (Å²) < 4.78 is 0. The monoisotopic (exact) mass is 226 g/mol. The molecule has 0 aromatic carbocycles. The van der Waals surface area contributed by atoms with Crippen molar-refractivity contribution in [2.75, 3.05) is 13.1 Å². The van der Waals surface area contributed by atoms with Crippen molar-refractivity contribution in [2.24, 2.45) is 0 Å². The highest BCUT2D eigenvalue weighted by molar-refractivity contribution is 4.85. The number of piperidine rings is 1. The molecule has 16 heavy (non-hydrogen) atoms. The molecule has 0 aromatic rings. The predicted octanol–water partition coefficient (Wildman–Crippen LogP) is 3.03. The molecule has 1 aliphatic heterocycles. The van der Waals surface area contributed by atoms with E-state index in [2.05, 4.69) is 37.9 Å². The third kappa shape index (κ3) is 4.06. The average Bonchev–Trinajstić information content (AvgIpc) is 2.26. The van der Waals surface area contributed by atoms with Crippen LogP contribution in [0.1, 0.15) is 59.8 Å². The van der Waals surface area contributed by atoms with Gasteiger partial charge in [0.1, 0.15) is 0 Å². The molecule has 0 aliphatic carbocycles. The van der Waals surface area contributed by atoms with Gasteiger partial charge >= 0.3 is 0 Å². The van der Waals surface area contributed by atoms with Gasteiger partial charge in [0.25, 0.3) is 0 Å². The van der Waals surface area contributed by atoms with Crippen molar-refractivity contribution in [3.8, 4) is 0 Å². The molecule has 2 heteroatoms. The summed E-state index contributed by atoms with van der Waals surface area (Å²) in [5, 5.41) is 3.67. The third-order valence-electron chi connectivity index (χ3n) is 3.88. The summed E-state index contributed by atoms with van der Waals surface area (Å²) >= 11 is 0. The molecule has 1 saturated heterocycles. The van der Waals surface area contributed by atoms with Crippen LogP contribution >= 0.6 is 0 Å². The molecule has 3 unspecified atom stereocenters. The fourth-order valence-electron chi connectivity index (χ4n) is 2.96. The van der Waals surface area contributed by atoms with Crippen LogP contribution in [0.15, 0.2) is 0 Å². The quantitative estimate of drug-likeness (QED) is 0.749. The van der Waals surface area contributed by atoms with E-state index < -0.39 is 0 Å². The van der Waals surface area contributed by atoms with Crippen molar-refractivity contribution in [3.05, 3.63) is 0 Å². The van der Waals surface area contributed by atoms with Crippen LogP contribution in [-0.4, -0.2) is 36.1 Å². The van der Waals surface area contributed by atoms with Crippen LogP contribution < -0.4 is 5.32 Å². The van der Waals surface area contributed by atoms with Crippen LogP contribution in [-0.2, 0) is 0 Å². The topological polar surface area (TPSA) is 15.3 Å². The molecule has 0 aromatic heterocycles. The van der Waals surface area contributed by atoms with Gasteiger partial charge in [0.15, 0.2) is 0 Å². The minimum atomic E-state index is 0.754. The van der Waals surface area contributed by atoms with Crippen LogP contribution in [0.25, 0.3) is 0 Å². The van der Waals surface area contributed by atoms with E-state index >= 15 is 0 Å². The summed E-state index contributed by atoms with van der Waals surface area (Å²) in [7, 11) is 0. The largest absolute Gasteiger partial charge is 0.314 e. The molecule has 1 rings (SSSR count). The number of hydrogen-bond acceptors (Lipinski definition) is 2. The third-order valence-corrected chi connectivity index (χ3v) is 3.88. The van der Waals surface area contributed by atoms with Gasteiger partial charge in [-0.2, -0.15) is 0 Å². The first-order chi connectivity index (χ1) is 7.69. The zero-order valence-corrected chi connectivity index (χ0v) is 11.6. The Bertz CT molecular complexity index is 182. The molecule has 0 radical (unpaired) electrons. The van der Waals surface area contributed by atoms with E-state index in [4.69, 9.17) is 0 Å². The van der Waals surface area contributed by atoms with Gasteiger partial charge in [-0.3, -0.25) is 4.90 Å². The number of hydrogen-bond donors (Lipinski definition) is 1. The van der Waals surface area contributed by atoms with Crippen LogP contribution in [0.3, 0.4) is 0 Å². The Hall–Kier alpha value is -0.0800. The molecule has 1 N–H and O–H groups in total. The summed E-state index contributed by atoms with van der Waals surface area (Å²) in [5.74, 6) is 0. The summed E-state index contributed by atoms with van der Waals surface area (Å²) in [6.45, 7) is 11.8. The number of likely N-dealkylation sites (tertiary alicyclic amines) is 1. The molecular weight excluding hydrogens is 196 g/mol. The van der Waals surface area contributed by atoms with Gasteiger partial charge in [0, 0.05) is 24.7 Å². The lowest BCUT2D eigenvalue weighted by Gasteiger charge is -2.41. The minimum absolute atomic E-state index is 0.754. The zero-order chi connectivity index (χ0) is 12.0. The normalized spacial score (nSPS) is 29.2. The van der Waals surface area contributed by atoms with Gasteiger partial charge < -0.3 is 5.32 Å². The van der Waals surface area contributed by atoms with Gasteiger partial charge in [-0.05, 0) is 46.1 Å².